The fourth-order valence-electron chi connectivity index (χ4n) is 5.43. The first-order chi connectivity index (χ1) is 17.2. The molecular weight excluding hydrogens is 477 g/mol. The number of fused-ring (bicyclic) bond motifs is 1. The van der Waals surface area contributed by atoms with Gasteiger partial charge in [-0.25, -0.2) is 4.79 Å². The minimum absolute atomic E-state index is 0.00801. The molecular formula is C26H35F3N2O5. The Bertz CT molecular complexity index is 927. The Morgan fingerprint density at radius 2 is 1.92 bits per heavy atom. The third-order valence-electron chi connectivity index (χ3n) is 7.92. The first-order valence-electron chi connectivity index (χ1n) is 13.0. The van der Waals surface area contributed by atoms with Crippen molar-refractivity contribution in [3.8, 4) is 0 Å². The van der Waals surface area contributed by atoms with Gasteiger partial charge in [0.25, 0.3) is 0 Å². The van der Waals surface area contributed by atoms with E-state index in [0.29, 0.717) is 5.92 Å². The zero-order valence-electron chi connectivity index (χ0n) is 20.4. The average Bonchev–Trinajstić information content (AvgIpc) is 2.83. The van der Waals surface area contributed by atoms with Crippen molar-refractivity contribution in [2.75, 3.05) is 19.8 Å². The second-order valence-electron chi connectivity index (χ2n) is 10.3. The Balaban J connectivity index is 1.18. The Kier molecular flexibility index (Phi) is 8.55. The first kappa shape index (κ1) is 26.9. The number of hydrogen-bond donors (Lipinski definition) is 2. The van der Waals surface area contributed by atoms with Crippen molar-refractivity contribution in [2.45, 2.75) is 89.0 Å². The standard InChI is InChI=1S/C26H35F3N2O5/c27-26(28,29)25(10-13-35-14-11-25)24(34)31-22(23(32)33)9-12-36-20-15-17(16-20)5-7-19-8-6-18-3-1-2-4-21(18)30-19/h6,8,17,20,22H,1-5,7,9-16H2,(H,31,34)(H,32,33)/t17?,20?,22-/m0/s1. The highest BCUT2D eigenvalue weighted by Gasteiger charge is 2.60. The number of nitrogens with one attached hydrogen (secondary N) is 1. The third-order valence-corrected chi connectivity index (χ3v) is 7.92. The summed E-state index contributed by atoms with van der Waals surface area (Å²) in [6.07, 6.45) is 2.39. The van der Waals surface area contributed by atoms with Crippen LogP contribution in [0, 0.1) is 11.3 Å². The second-order valence-corrected chi connectivity index (χ2v) is 10.3. The Hall–Kier alpha value is -2.20. The van der Waals surface area contributed by atoms with Crippen LogP contribution in [-0.2, 0) is 38.3 Å². The lowest BCUT2D eigenvalue weighted by atomic mass is 9.78. The van der Waals surface area contributed by atoms with Crippen LogP contribution in [0.4, 0.5) is 13.2 Å². The molecule has 7 nitrogen and oxygen atoms in total. The van der Waals surface area contributed by atoms with Crippen LogP contribution in [0.1, 0.15) is 68.3 Å². The fraction of sp³-hybridized carbons (Fsp3) is 0.731. The quantitative estimate of drug-likeness (QED) is 0.492. The van der Waals surface area contributed by atoms with Crippen molar-refractivity contribution in [1.82, 2.24) is 10.3 Å². The lowest BCUT2D eigenvalue weighted by Crippen LogP contribution is -2.57. The third kappa shape index (κ3) is 6.19. The predicted octanol–water partition coefficient (Wildman–Crippen LogP) is 4.01. The number of carbonyl (C=O) groups is 2. The lowest BCUT2D eigenvalue weighted by molar-refractivity contribution is -0.240. The van der Waals surface area contributed by atoms with Gasteiger partial charge in [-0.3, -0.25) is 9.78 Å². The molecule has 1 aliphatic heterocycles. The molecule has 1 amide bonds. The van der Waals surface area contributed by atoms with Gasteiger partial charge in [0, 0.05) is 37.6 Å². The molecule has 4 rings (SSSR count). The highest BCUT2D eigenvalue weighted by molar-refractivity contribution is 5.88. The number of amides is 1. The molecule has 1 aromatic heterocycles. The highest BCUT2D eigenvalue weighted by Crippen LogP contribution is 2.46. The van der Waals surface area contributed by atoms with Gasteiger partial charge in [0.15, 0.2) is 0 Å². The van der Waals surface area contributed by atoms with E-state index in [-0.39, 0.29) is 32.3 Å². The Morgan fingerprint density at radius 3 is 2.61 bits per heavy atom. The van der Waals surface area contributed by atoms with E-state index in [1.807, 2.05) is 0 Å². The molecule has 1 saturated heterocycles. The molecule has 0 spiro atoms. The van der Waals surface area contributed by atoms with Crippen LogP contribution in [0.3, 0.4) is 0 Å². The van der Waals surface area contributed by atoms with Gasteiger partial charge in [0.05, 0.1) is 6.10 Å². The number of carboxylic acids is 1. The van der Waals surface area contributed by atoms with Crippen LogP contribution >= 0.6 is 0 Å². The molecule has 2 N–H and O–H groups in total. The van der Waals surface area contributed by atoms with E-state index >= 15 is 0 Å². The van der Waals surface area contributed by atoms with Crippen LogP contribution in [0.15, 0.2) is 12.1 Å². The van der Waals surface area contributed by atoms with Crippen LogP contribution < -0.4 is 5.32 Å². The maximum Gasteiger partial charge on any atom is 0.403 e. The number of halogens is 3. The number of aryl methyl sites for hydroxylation is 3. The molecule has 0 bridgehead atoms. The van der Waals surface area contributed by atoms with Gasteiger partial charge in [-0.15, -0.1) is 0 Å². The van der Waals surface area contributed by atoms with Gasteiger partial charge < -0.3 is 19.9 Å². The summed E-state index contributed by atoms with van der Waals surface area (Å²) >= 11 is 0. The molecule has 1 saturated carbocycles. The molecule has 3 aliphatic rings. The SMILES string of the molecule is O=C(O)[C@H](CCOC1CC(CCc2ccc3c(n2)CCCC3)C1)NC(=O)C1(C(F)(F)F)CCOCC1. The van der Waals surface area contributed by atoms with Crippen LogP contribution in [0.5, 0.6) is 0 Å². The molecule has 1 aromatic rings. The number of aromatic nitrogens is 1. The zero-order chi connectivity index (χ0) is 25.8. The summed E-state index contributed by atoms with van der Waals surface area (Å²) in [7, 11) is 0. The largest absolute Gasteiger partial charge is 0.480 e. The van der Waals surface area contributed by atoms with Gasteiger partial charge in [-0.1, -0.05) is 6.07 Å². The Morgan fingerprint density at radius 1 is 1.19 bits per heavy atom. The van der Waals surface area contributed by atoms with Gasteiger partial charge in [-0.05, 0) is 81.8 Å². The van der Waals surface area contributed by atoms with Crippen molar-refractivity contribution in [2.24, 2.45) is 11.3 Å². The molecule has 2 heterocycles. The van der Waals surface area contributed by atoms with Crippen molar-refractivity contribution < 1.29 is 37.3 Å². The minimum atomic E-state index is -4.78. The van der Waals surface area contributed by atoms with Crippen molar-refractivity contribution >= 4 is 11.9 Å². The number of aliphatic carboxylic acids is 1. The molecule has 36 heavy (non-hydrogen) atoms. The van der Waals surface area contributed by atoms with Crippen molar-refractivity contribution in [3.05, 3.63) is 29.1 Å². The van der Waals surface area contributed by atoms with Gasteiger partial charge >= 0.3 is 12.1 Å². The average molecular weight is 513 g/mol. The van der Waals surface area contributed by atoms with Crippen molar-refractivity contribution in [1.29, 1.82) is 0 Å². The monoisotopic (exact) mass is 512 g/mol. The number of ether oxygens (including phenoxy) is 2. The van der Waals surface area contributed by atoms with Crippen LogP contribution in [0.2, 0.25) is 0 Å². The molecule has 0 radical (unpaired) electrons. The molecule has 0 aromatic carbocycles. The van der Waals surface area contributed by atoms with Gasteiger partial charge in [0.2, 0.25) is 5.91 Å². The molecule has 1 atom stereocenters. The maximum absolute atomic E-state index is 13.7. The second kappa shape index (κ2) is 11.5. The molecule has 2 fully saturated rings. The molecule has 2 aliphatic carbocycles. The van der Waals surface area contributed by atoms with Crippen LogP contribution in [0.25, 0.3) is 0 Å². The number of hydrogen-bond acceptors (Lipinski definition) is 5. The normalized spacial score (nSPS) is 24.3. The Labute approximate surface area is 209 Å². The summed E-state index contributed by atoms with van der Waals surface area (Å²) in [6, 6.07) is 2.89. The number of rotatable bonds is 10. The van der Waals surface area contributed by atoms with Gasteiger partial charge in [0.1, 0.15) is 11.5 Å². The maximum atomic E-state index is 13.7. The van der Waals surface area contributed by atoms with E-state index in [2.05, 4.69) is 17.4 Å². The number of carbonyl (C=O) groups excluding carboxylic acids is 1. The lowest BCUT2D eigenvalue weighted by Gasteiger charge is -2.38. The van der Waals surface area contributed by atoms with Crippen LogP contribution in [-0.4, -0.2) is 60.1 Å². The zero-order valence-corrected chi connectivity index (χ0v) is 20.4. The predicted molar refractivity (Wildman–Crippen MR) is 124 cm³/mol. The fourth-order valence-corrected chi connectivity index (χ4v) is 5.43. The van der Waals surface area contributed by atoms with E-state index in [4.69, 9.17) is 14.5 Å². The summed E-state index contributed by atoms with van der Waals surface area (Å²) in [5.41, 5.74) is 1.13. The number of carboxylic acid groups (broad SMARTS) is 1. The number of alkyl halides is 3. The topological polar surface area (TPSA) is 97.8 Å². The van der Waals surface area contributed by atoms with Gasteiger partial charge in [-0.2, -0.15) is 13.2 Å². The summed E-state index contributed by atoms with van der Waals surface area (Å²) in [5, 5.41) is 11.6. The van der Waals surface area contributed by atoms with Crippen molar-refractivity contribution in [3.63, 3.8) is 0 Å². The summed E-state index contributed by atoms with van der Waals surface area (Å²) in [5.74, 6) is -2.16. The van der Waals surface area contributed by atoms with E-state index in [9.17, 15) is 27.9 Å². The molecule has 0 unspecified atom stereocenters. The summed E-state index contributed by atoms with van der Waals surface area (Å²) in [6.45, 7) is -0.332. The molecule has 200 valence electrons. The highest BCUT2D eigenvalue weighted by atomic mass is 19.4. The molecule has 10 heteroatoms. The van der Waals surface area contributed by atoms with E-state index in [1.54, 1.807) is 0 Å². The van der Waals surface area contributed by atoms with E-state index in [0.717, 1.165) is 44.2 Å². The first-order valence-corrected chi connectivity index (χ1v) is 13.0. The summed E-state index contributed by atoms with van der Waals surface area (Å²) in [4.78, 5) is 29.0. The number of pyridine rings is 1. The van der Waals surface area contributed by atoms with E-state index < -0.39 is 42.4 Å². The minimum Gasteiger partial charge on any atom is -0.480 e. The number of nitrogens with zero attached hydrogens (tertiary/aromatic N) is 1. The smallest absolute Gasteiger partial charge is 0.403 e. The summed E-state index contributed by atoms with van der Waals surface area (Å²) < 4.78 is 51.8. The van der Waals surface area contributed by atoms with E-state index in [1.165, 1.54) is 24.1 Å².